The molecule has 0 aliphatic carbocycles. The number of hydrogen-bond acceptors (Lipinski definition) is 4. The van der Waals surface area contributed by atoms with E-state index in [1.54, 1.807) is 22.9 Å². The van der Waals surface area contributed by atoms with Crippen molar-refractivity contribution in [1.82, 2.24) is 15.1 Å². The fraction of sp³-hybridized carbons (Fsp3) is 0.375. The second-order valence-corrected chi connectivity index (χ2v) is 7.59. The summed E-state index contributed by atoms with van der Waals surface area (Å²) in [6, 6.07) is 6.57. The van der Waals surface area contributed by atoms with Gasteiger partial charge in [0.05, 0.1) is 17.0 Å². The van der Waals surface area contributed by atoms with Crippen LogP contribution in [0.5, 0.6) is 0 Å². The first-order valence-electron chi connectivity index (χ1n) is 7.24. The van der Waals surface area contributed by atoms with Crippen LogP contribution in [0.25, 0.3) is 0 Å². The Morgan fingerprint density at radius 1 is 1.26 bits per heavy atom. The van der Waals surface area contributed by atoms with Crippen LogP contribution in [0.3, 0.4) is 0 Å². The number of nitrogens with zero attached hydrogens (tertiary/aromatic N) is 2. The lowest BCUT2D eigenvalue weighted by atomic mass is 10.1. The van der Waals surface area contributed by atoms with Gasteiger partial charge in [0.2, 0.25) is 5.91 Å². The SMILES string of the molecule is Cc1nn(C)c(C)c1CNC(=O)Cc1ccccc1S(C)(=O)=O. The zero-order chi connectivity index (χ0) is 17.2. The fourth-order valence-electron chi connectivity index (χ4n) is 2.51. The van der Waals surface area contributed by atoms with Crippen LogP contribution in [0.15, 0.2) is 29.2 Å². The van der Waals surface area contributed by atoms with Gasteiger partial charge in [-0.15, -0.1) is 0 Å². The van der Waals surface area contributed by atoms with Crippen LogP contribution < -0.4 is 5.32 Å². The molecule has 0 unspecified atom stereocenters. The van der Waals surface area contributed by atoms with Crippen molar-refractivity contribution < 1.29 is 13.2 Å². The van der Waals surface area contributed by atoms with Gasteiger partial charge in [0.15, 0.2) is 9.84 Å². The van der Waals surface area contributed by atoms with Gasteiger partial charge in [-0.05, 0) is 25.5 Å². The Labute approximate surface area is 136 Å². The van der Waals surface area contributed by atoms with E-state index in [2.05, 4.69) is 10.4 Å². The number of benzene rings is 1. The molecule has 0 saturated carbocycles. The Balaban J connectivity index is 2.09. The Bertz CT molecular complexity index is 838. The Morgan fingerprint density at radius 2 is 1.91 bits per heavy atom. The van der Waals surface area contributed by atoms with Gasteiger partial charge in [-0.2, -0.15) is 5.10 Å². The van der Waals surface area contributed by atoms with E-state index in [0.717, 1.165) is 23.2 Å². The molecular formula is C16H21N3O3S. The van der Waals surface area contributed by atoms with Crippen molar-refractivity contribution in [3.63, 3.8) is 0 Å². The number of sulfone groups is 1. The summed E-state index contributed by atoms with van der Waals surface area (Å²) in [5.74, 6) is -0.219. The van der Waals surface area contributed by atoms with Crippen molar-refractivity contribution in [3.05, 3.63) is 46.8 Å². The quantitative estimate of drug-likeness (QED) is 0.893. The van der Waals surface area contributed by atoms with Crippen LogP contribution in [0, 0.1) is 13.8 Å². The molecule has 2 rings (SSSR count). The number of carbonyl (C=O) groups is 1. The molecule has 1 aromatic carbocycles. The number of carbonyl (C=O) groups excluding carboxylic acids is 1. The third kappa shape index (κ3) is 3.98. The lowest BCUT2D eigenvalue weighted by Gasteiger charge is -2.09. The molecule has 1 heterocycles. The predicted molar refractivity (Wildman–Crippen MR) is 87.8 cm³/mol. The molecule has 0 radical (unpaired) electrons. The average molecular weight is 335 g/mol. The highest BCUT2D eigenvalue weighted by Crippen LogP contribution is 2.16. The van der Waals surface area contributed by atoms with Crippen LogP contribution in [0.4, 0.5) is 0 Å². The Morgan fingerprint density at radius 3 is 2.48 bits per heavy atom. The van der Waals surface area contributed by atoms with Gasteiger partial charge in [0, 0.05) is 31.1 Å². The zero-order valence-corrected chi connectivity index (χ0v) is 14.6. The van der Waals surface area contributed by atoms with E-state index in [0.29, 0.717) is 12.1 Å². The minimum absolute atomic E-state index is 0.0294. The third-order valence-corrected chi connectivity index (χ3v) is 5.04. The molecule has 1 aromatic heterocycles. The molecule has 0 aliphatic rings. The summed E-state index contributed by atoms with van der Waals surface area (Å²) in [6.45, 7) is 4.22. The Hall–Kier alpha value is -2.15. The molecule has 124 valence electrons. The summed E-state index contributed by atoms with van der Waals surface area (Å²) in [7, 11) is -1.49. The van der Waals surface area contributed by atoms with Gasteiger partial charge < -0.3 is 5.32 Å². The summed E-state index contributed by atoms with van der Waals surface area (Å²) >= 11 is 0. The first-order chi connectivity index (χ1) is 10.7. The summed E-state index contributed by atoms with van der Waals surface area (Å²) in [4.78, 5) is 12.4. The molecule has 0 spiro atoms. The lowest BCUT2D eigenvalue weighted by Crippen LogP contribution is -2.25. The average Bonchev–Trinajstić information content (AvgIpc) is 2.69. The first kappa shape index (κ1) is 17.2. The fourth-order valence-corrected chi connectivity index (χ4v) is 3.45. The molecule has 0 fully saturated rings. The number of nitrogens with one attached hydrogen (secondary N) is 1. The summed E-state index contributed by atoms with van der Waals surface area (Å²) in [5.41, 5.74) is 3.37. The van der Waals surface area contributed by atoms with Crippen molar-refractivity contribution >= 4 is 15.7 Å². The second-order valence-electron chi connectivity index (χ2n) is 5.61. The predicted octanol–water partition coefficient (Wildman–Crippen LogP) is 1.30. The molecule has 0 bridgehead atoms. The third-order valence-electron chi connectivity index (χ3n) is 3.84. The molecule has 0 aliphatic heterocycles. The van der Waals surface area contributed by atoms with Crippen molar-refractivity contribution in [3.8, 4) is 0 Å². The van der Waals surface area contributed by atoms with Gasteiger partial charge >= 0.3 is 0 Å². The maximum atomic E-state index is 12.2. The number of hydrogen-bond donors (Lipinski definition) is 1. The van der Waals surface area contributed by atoms with Crippen LogP contribution in [0.1, 0.15) is 22.5 Å². The van der Waals surface area contributed by atoms with Crippen LogP contribution in [-0.4, -0.2) is 30.4 Å². The molecule has 0 atom stereocenters. The molecule has 0 saturated heterocycles. The van der Waals surface area contributed by atoms with Crippen molar-refractivity contribution in [2.24, 2.45) is 7.05 Å². The van der Waals surface area contributed by atoms with Crippen molar-refractivity contribution in [2.75, 3.05) is 6.26 Å². The Kier molecular flexibility index (Phi) is 4.89. The smallest absolute Gasteiger partial charge is 0.224 e. The topological polar surface area (TPSA) is 81.1 Å². The van der Waals surface area contributed by atoms with E-state index >= 15 is 0 Å². The largest absolute Gasteiger partial charge is 0.352 e. The highest BCUT2D eigenvalue weighted by molar-refractivity contribution is 7.90. The summed E-state index contributed by atoms with van der Waals surface area (Å²) in [6.07, 6.45) is 1.17. The van der Waals surface area contributed by atoms with Crippen LogP contribution >= 0.6 is 0 Å². The van der Waals surface area contributed by atoms with E-state index < -0.39 is 9.84 Å². The molecule has 1 amide bonds. The van der Waals surface area contributed by atoms with E-state index in [9.17, 15) is 13.2 Å². The van der Waals surface area contributed by atoms with E-state index in [1.165, 1.54) is 6.07 Å². The van der Waals surface area contributed by atoms with Gasteiger partial charge in [-0.1, -0.05) is 18.2 Å². The van der Waals surface area contributed by atoms with Crippen LogP contribution in [-0.2, 0) is 34.6 Å². The monoisotopic (exact) mass is 335 g/mol. The summed E-state index contributed by atoms with van der Waals surface area (Å²) < 4.78 is 25.3. The normalized spacial score (nSPS) is 11.5. The second kappa shape index (κ2) is 6.54. The van der Waals surface area contributed by atoms with Gasteiger partial charge in [-0.25, -0.2) is 8.42 Å². The van der Waals surface area contributed by atoms with Gasteiger partial charge in [0.1, 0.15) is 0 Å². The highest BCUT2D eigenvalue weighted by atomic mass is 32.2. The molecule has 7 heteroatoms. The van der Waals surface area contributed by atoms with E-state index in [1.807, 2.05) is 20.9 Å². The molecule has 2 aromatic rings. The van der Waals surface area contributed by atoms with Crippen LogP contribution in [0.2, 0.25) is 0 Å². The van der Waals surface area contributed by atoms with E-state index in [-0.39, 0.29) is 17.2 Å². The maximum absolute atomic E-state index is 12.2. The molecule has 1 N–H and O–H groups in total. The first-order valence-corrected chi connectivity index (χ1v) is 9.13. The standard InChI is InChI=1S/C16H21N3O3S/c1-11-14(12(2)19(3)18-11)10-17-16(20)9-13-7-5-6-8-15(13)23(4,21)22/h5-8H,9-10H2,1-4H3,(H,17,20). The molecule has 23 heavy (non-hydrogen) atoms. The minimum Gasteiger partial charge on any atom is -0.352 e. The number of rotatable bonds is 5. The van der Waals surface area contributed by atoms with Gasteiger partial charge in [-0.3, -0.25) is 9.48 Å². The summed E-state index contributed by atoms with van der Waals surface area (Å²) in [5, 5.41) is 7.14. The molecular weight excluding hydrogens is 314 g/mol. The highest BCUT2D eigenvalue weighted by Gasteiger charge is 2.16. The van der Waals surface area contributed by atoms with Crippen molar-refractivity contribution in [1.29, 1.82) is 0 Å². The van der Waals surface area contributed by atoms with Gasteiger partial charge in [0.25, 0.3) is 0 Å². The number of aryl methyl sites for hydroxylation is 2. The minimum atomic E-state index is -3.35. The van der Waals surface area contributed by atoms with E-state index in [4.69, 9.17) is 0 Å². The number of amides is 1. The van der Waals surface area contributed by atoms with Crippen molar-refractivity contribution in [2.45, 2.75) is 31.7 Å². The number of aromatic nitrogens is 2. The maximum Gasteiger partial charge on any atom is 0.224 e. The zero-order valence-electron chi connectivity index (χ0n) is 13.8. The molecule has 6 nitrogen and oxygen atoms in total. The lowest BCUT2D eigenvalue weighted by molar-refractivity contribution is -0.120.